The van der Waals surface area contributed by atoms with Gasteiger partial charge >= 0.3 is 0 Å². The molecule has 1 aromatic rings. The minimum absolute atomic E-state index is 0.211. The Balaban J connectivity index is 2.66. The molecule has 5 nitrogen and oxygen atoms in total. The van der Waals surface area contributed by atoms with Gasteiger partial charge in [0.1, 0.15) is 0 Å². The average Bonchev–Trinajstić information content (AvgIpc) is 2.45. The van der Waals surface area contributed by atoms with E-state index in [1.165, 1.54) is 0 Å². The van der Waals surface area contributed by atoms with Gasteiger partial charge in [-0.3, -0.25) is 4.79 Å². The van der Waals surface area contributed by atoms with Crippen LogP contribution in [0.15, 0.2) is 18.2 Å². The summed E-state index contributed by atoms with van der Waals surface area (Å²) in [5.41, 5.74) is 7.89. The highest BCUT2D eigenvalue weighted by Crippen LogP contribution is 2.22. The van der Waals surface area contributed by atoms with Crippen LogP contribution in [0.2, 0.25) is 0 Å². The third-order valence-corrected chi connectivity index (χ3v) is 3.84. The Morgan fingerprint density at radius 1 is 1.33 bits per heavy atom. The zero-order valence-corrected chi connectivity index (χ0v) is 13.4. The summed E-state index contributed by atoms with van der Waals surface area (Å²) in [6.07, 6.45) is 1.29. The van der Waals surface area contributed by atoms with Crippen LogP contribution in [0.3, 0.4) is 0 Å². The van der Waals surface area contributed by atoms with Crippen LogP contribution in [0.5, 0.6) is 0 Å². The largest absolute Gasteiger partial charge is 0.397 e. The number of carbonyl (C=O) groups excluding carboxylic acids is 1. The third-order valence-electron chi connectivity index (χ3n) is 3.84. The van der Waals surface area contributed by atoms with E-state index in [2.05, 4.69) is 5.32 Å². The molecule has 0 aliphatic heterocycles. The van der Waals surface area contributed by atoms with Gasteiger partial charge in [-0.25, -0.2) is 0 Å². The molecule has 0 aliphatic rings. The zero-order valence-electron chi connectivity index (χ0n) is 13.4. The van der Waals surface area contributed by atoms with Gasteiger partial charge in [-0.1, -0.05) is 26.7 Å². The van der Waals surface area contributed by atoms with Crippen molar-refractivity contribution in [2.75, 3.05) is 31.3 Å². The molecule has 0 saturated carbocycles. The number of benzene rings is 1. The summed E-state index contributed by atoms with van der Waals surface area (Å²) in [6.45, 7) is 4.35. The molecule has 1 aromatic carbocycles. The summed E-state index contributed by atoms with van der Waals surface area (Å²) in [5.74, 6) is 0.00324. The Kier molecular flexibility index (Phi) is 6.49. The van der Waals surface area contributed by atoms with Gasteiger partial charge in [-0.05, 0) is 24.1 Å². The number of carbonyl (C=O) groups is 1. The molecule has 5 heteroatoms. The highest BCUT2D eigenvalue weighted by atomic mass is 16.3. The van der Waals surface area contributed by atoms with E-state index in [-0.39, 0.29) is 18.4 Å². The van der Waals surface area contributed by atoms with E-state index in [4.69, 9.17) is 5.73 Å². The molecular weight excluding hydrogens is 266 g/mol. The molecule has 0 spiro atoms. The molecule has 1 rings (SSSR count). The molecule has 0 bridgehead atoms. The number of hydrogen-bond acceptors (Lipinski definition) is 4. The van der Waals surface area contributed by atoms with E-state index < -0.39 is 6.10 Å². The van der Waals surface area contributed by atoms with Crippen molar-refractivity contribution in [1.29, 1.82) is 0 Å². The van der Waals surface area contributed by atoms with Crippen LogP contribution in [0, 0.1) is 5.92 Å². The lowest BCUT2D eigenvalue weighted by Gasteiger charge is -2.20. The minimum Gasteiger partial charge on any atom is -0.397 e. The number of hydrogen-bond donors (Lipinski definition) is 3. The molecule has 0 radical (unpaired) electrons. The van der Waals surface area contributed by atoms with E-state index in [0.29, 0.717) is 11.3 Å². The van der Waals surface area contributed by atoms with E-state index in [0.717, 1.165) is 18.5 Å². The molecule has 1 unspecified atom stereocenters. The van der Waals surface area contributed by atoms with Crippen molar-refractivity contribution in [2.24, 2.45) is 5.92 Å². The summed E-state index contributed by atoms with van der Waals surface area (Å²) >= 11 is 0. The van der Waals surface area contributed by atoms with Crippen molar-refractivity contribution in [1.82, 2.24) is 5.32 Å². The molecule has 1 amide bonds. The van der Waals surface area contributed by atoms with Gasteiger partial charge in [0.05, 0.1) is 17.5 Å². The van der Waals surface area contributed by atoms with E-state index in [9.17, 15) is 9.90 Å². The molecule has 1 atom stereocenters. The van der Waals surface area contributed by atoms with Crippen LogP contribution in [-0.4, -0.2) is 37.8 Å². The molecule has 0 aliphatic carbocycles. The summed E-state index contributed by atoms with van der Waals surface area (Å²) in [7, 11) is 3.80. The summed E-state index contributed by atoms with van der Waals surface area (Å²) in [4.78, 5) is 14.0. The maximum atomic E-state index is 12.1. The molecule has 0 heterocycles. The maximum Gasteiger partial charge on any atom is 0.251 e. The van der Waals surface area contributed by atoms with Crippen molar-refractivity contribution >= 4 is 17.3 Å². The summed E-state index contributed by atoms with van der Waals surface area (Å²) in [5, 5.41) is 12.8. The Bertz CT molecular complexity index is 471. The minimum atomic E-state index is -0.512. The molecular formula is C16H27N3O2. The Labute approximate surface area is 127 Å². The average molecular weight is 293 g/mol. The van der Waals surface area contributed by atoms with Crippen molar-refractivity contribution in [3.63, 3.8) is 0 Å². The van der Waals surface area contributed by atoms with Gasteiger partial charge in [0.2, 0.25) is 0 Å². The maximum absolute atomic E-state index is 12.1. The van der Waals surface area contributed by atoms with Gasteiger partial charge < -0.3 is 21.1 Å². The molecule has 118 valence electrons. The Morgan fingerprint density at radius 3 is 2.43 bits per heavy atom. The van der Waals surface area contributed by atoms with Crippen LogP contribution in [0.1, 0.15) is 37.0 Å². The SMILES string of the molecule is CCC(CC)C(O)CNC(=O)c1ccc(N(C)C)c(N)c1. The number of nitrogen functional groups attached to an aromatic ring is 1. The Morgan fingerprint density at radius 2 is 1.95 bits per heavy atom. The van der Waals surface area contributed by atoms with Gasteiger partial charge in [0.25, 0.3) is 5.91 Å². The first-order valence-electron chi connectivity index (χ1n) is 7.43. The van der Waals surface area contributed by atoms with E-state index in [1.54, 1.807) is 12.1 Å². The lowest BCUT2D eigenvalue weighted by atomic mass is 9.96. The fourth-order valence-corrected chi connectivity index (χ4v) is 2.40. The monoisotopic (exact) mass is 293 g/mol. The summed E-state index contributed by atoms with van der Waals surface area (Å²) in [6, 6.07) is 5.22. The van der Waals surface area contributed by atoms with Crippen molar-refractivity contribution < 1.29 is 9.90 Å². The number of amides is 1. The van der Waals surface area contributed by atoms with Crippen molar-refractivity contribution in [3.8, 4) is 0 Å². The second kappa shape index (κ2) is 7.88. The molecule has 0 aromatic heterocycles. The quantitative estimate of drug-likeness (QED) is 0.671. The smallest absolute Gasteiger partial charge is 0.251 e. The van der Waals surface area contributed by atoms with Crippen LogP contribution in [0.25, 0.3) is 0 Å². The summed E-state index contributed by atoms with van der Waals surface area (Å²) < 4.78 is 0. The fourth-order valence-electron chi connectivity index (χ4n) is 2.40. The van der Waals surface area contributed by atoms with Crippen molar-refractivity contribution in [2.45, 2.75) is 32.8 Å². The highest BCUT2D eigenvalue weighted by molar-refractivity contribution is 5.96. The number of anilines is 2. The van der Waals surface area contributed by atoms with Gasteiger partial charge in [-0.2, -0.15) is 0 Å². The predicted octanol–water partition coefficient (Wildman–Crippen LogP) is 1.86. The van der Waals surface area contributed by atoms with Crippen molar-refractivity contribution in [3.05, 3.63) is 23.8 Å². The van der Waals surface area contributed by atoms with Gasteiger partial charge in [0.15, 0.2) is 0 Å². The molecule has 0 fully saturated rings. The first-order chi connectivity index (χ1) is 9.90. The first kappa shape index (κ1) is 17.3. The fraction of sp³-hybridized carbons (Fsp3) is 0.562. The van der Waals surface area contributed by atoms with E-state index >= 15 is 0 Å². The highest BCUT2D eigenvalue weighted by Gasteiger charge is 2.17. The van der Waals surface area contributed by atoms with Gasteiger partial charge in [-0.15, -0.1) is 0 Å². The lowest BCUT2D eigenvalue weighted by Crippen LogP contribution is -2.36. The van der Waals surface area contributed by atoms with Crippen LogP contribution in [-0.2, 0) is 0 Å². The topological polar surface area (TPSA) is 78.6 Å². The standard InChI is InChI=1S/C16H27N3O2/c1-5-11(6-2)15(20)10-18-16(21)12-7-8-14(19(3)4)13(17)9-12/h7-9,11,15,20H,5-6,10,17H2,1-4H3,(H,18,21). The number of nitrogens with zero attached hydrogens (tertiary/aromatic N) is 1. The van der Waals surface area contributed by atoms with Crippen LogP contribution in [0.4, 0.5) is 11.4 Å². The third kappa shape index (κ3) is 4.63. The number of nitrogens with one attached hydrogen (secondary N) is 1. The lowest BCUT2D eigenvalue weighted by molar-refractivity contribution is 0.0816. The molecule has 0 saturated heterocycles. The first-order valence-corrected chi connectivity index (χ1v) is 7.43. The normalized spacial score (nSPS) is 12.3. The molecule has 4 N–H and O–H groups in total. The second-order valence-electron chi connectivity index (χ2n) is 5.52. The number of aliphatic hydroxyl groups is 1. The van der Waals surface area contributed by atoms with Crippen LogP contribution >= 0.6 is 0 Å². The Hall–Kier alpha value is -1.75. The van der Waals surface area contributed by atoms with Crippen LogP contribution < -0.4 is 16.0 Å². The van der Waals surface area contributed by atoms with E-state index in [1.807, 2.05) is 38.9 Å². The number of nitrogens with two attached hydrogens (primary N) is 1. The molecule has 21 heavy (non-hydrogen) atoms. The number of rotatable bonds is 7. The zero-order chi connectivity index (χ0) is 16.0. The predicted molar refractivity (Wildman–Crippen MR) is 87.6 cm³/mol. The van der Waals surface area contributed by atoms with Gasteiger partial charge in [0, 0.05) is 26.2 Å². The second-order valence-corrected chi connectivity index (χ2v) is 5.52. The number of aliphatic hydroxyl groups excluding tert-OH is 1.